The van der Waals surface area contributed by atoms with Crippen LogP contribution in [0.3, 0.4) is 0 Å². The highest BCUT2D eigenvalue weighted by molar-refractivity contribution is 5.77. The van der Waals surface area contributed by atoms with Crippen molar-refractivity contribution in [1.82, 2.24) is 4.90 Å². The van der Waals surface area contributed by atoms with Crippen molar-refractivity contribution in [1.29, 1.82) is 0 Å². The van der Waals surface area contributed by atoms with Gasteiger partial charge in [-0.2, -0.15) is 0 Å². The summed E-state index contributed by atoms with van der Waals surface area (Å²) in [5, 5.41) is 11.4. The maximum atomic E-state index is 10.3. The van der Waals surface area contributed by atoms with Crippen LogP contribution < -0.4 is 0 Å². The fourth-order valence-corrected chi connectivity index (χ4v) is 2.43. The summed E-state index contributed by atoms with van der Waals surface area (Å²) in [5.41, 5.74) is 0.842. The first-order chi connectivity index (χ1) is 9.24. The van der Waals surface area contributed by atoms with E-state index in [1.165, 1.54) is 0 Å². The number of furan rings is 1. The summed E-state index contributed by atoms with van der Waals surface area (Å²) in [6, 6.07) is 9.80. The second-order valence-electron chi connectivity index (χ2n) is 5.00. The standard InChI is InChI=1S/C16H23NO2/c1-3-9-17(10-4-2)12-14(18)16-11-13-7-5-6-8-15(13)19-16/h5-8,11,14,18H,3-4,9-10,12H2,1-2H3. The molecule has 104 valence electrons. The molecule has 0 saturated carbocycles. The van der Waals surface area contributed by atoms with Gasteiger partial charge in [0.25, 0.3) is 0 Å². The fourth-order valence-electron chi connectivity index (χ4n) is 2.43. The van der Waals surface area contributed by atoms with Gasteiger partial charge in [-0.15, -0.1) is 0 Å². The van der Waals surface area contributed by atoms with Crippen LogP contribution in [-0.4, -0.2) is 29.6 Å². The summed E-state index contributed by atoms with van der Waals surface area (Å²) in [6.45, 7) is 7.00. The van der Waals surface area contributed by atoms with E-state index in [1.807, 2.05) is 30.3 Å². The summed E-state index contributed by atoms with van der Waals surface area (Å²) in [5.74, 6) is 0.665. The average molecular weight is 261 g/mol. The summed E-state index contributed by atoms with van der Waals surface area (Å²) in [4.78, 5) is 2.29. The van der Waals surface area contributed by atoms with Crippen LogP contribution >= 0.6 is 0 Å². The third-order valence-corrected chi connectivity index (χ3v) is 3.28. The molecule has 0 aliphatic carbocycles. The Morgan fingerprint density at radius 3 is 2.47 bits per heavy atom. The van der Waals surface area contributed by atoms with Gasteiger partial charge in [-0.05, 0) is 38.1 Å². The van der Waals surface area contributed by atoms with E-state index in [0.29, 0.717) is 12.3 Å². The molecule has 2 aromatic rings. The summed E-state index contributed by atoms with van der Waals surface area (Å²) >= 11 is 0. The molecule has 1 unspecified atom stereocenters. The lowest BCUT2D eigenvalue weighted by molar-refractivity contribution is 0.0958. The van der Waals surface area contributed by atoms with Gasteiger partial charge >= 0.3 is 0 Å². The van der Waals surface area contributed by atoms with E-state index < -0.39 is 6.10 Å². The van der Waals surface area contributed by atoms with E-state index in [-0.39, 0.29) is 0 Å². The lowest BCUT2D eigenvalue weighted by Gasteiger charge is -2.23. The zero-order valence-corrected chi connectivity index (χ0v) is 11.8. The molecular weight excluding hydrogens is 238 g/mol. The molecule has 0 aliphatic rings. The van der Waals surface area contributed by atoms with E-state index in [9.17, 15) is 5.11 Å². The third kappa shape index (κ3) is 3.58. The molecule has 3 heteroatoms. The van der Waals surface area contributed by atoms with Crippen LogP contribution in [0.5, 0.6) is 0 Å². The lowest BCUT2D eigenvalue weighted by Crippen LogP contribution is -2.30. The zero-order valence-electron chi connectivity index (χ0n) is 11.8. The topological polar surface area (TPSA) is 36.6 Å². The van der Waals surface area contributed by atoms with Gasteiger partial charge < -0.3 is 14.4 Å². The first-order valence-electron chi connectivity index (χ1n) is 7.13. The van der Waals surface area contributed by atoms with Crippen LogP contribution in [0.15, 0.2) is 34.7 Å². The number of aliphatic hydroxyl groups is 1. The number of rotatable bonds is 7. The highest BCUT2D eigenvalue weighted by Gasteiger charge is 2.16. The Hall–Kier alpha value is -1.32. The summed E-state index contributed by atoms with van der Waals surface area (Å²) < 4.78 is 5.71. The van der Waals surface area contributed by atoms with Gasteiger partial charge in [0.05, 0.1) is 0 Å². The van der Waals surface area contributed by atoms with Crippen LogP contribution in [0.25, 0.3) is 11.0 Å². The van der Waals surface area contributed by atoms with Crippen molar-refractivity contribution >= 4 is 11.0 Å². The lowest BCUT2D eigenvalue weighted by atomic mass is 10.2. The van der Waals surface area contributed by atoms with Crippen molar-refractivity contribution in [3.05, 3.63) is 36.1 Å². The number of para-hydroxylation sites is 1. The minimum atomic E-state index is -0.550. The molecule has 1 N–H and O–H groups in total. The summed E-state index contributed by atoms with van der Waals surface area (Å²) in [7, 11) is 0. The predicted molar refractivity (Wildman–Crippen MR) is 78.2 cm³/mol. The average Bonchev–Trinajstić information content (AvgIpc) is 2.83. The third-order valence-electron chi connectivity index (χ3n) is 3.28. The van der Waals surface area contributed by atoms with Crippen molar-refractivity contribution in [2.24, 2.45) is 0 Å². The maximum absolute atomic E-state index is 10.3. The van der Waals surface area contributed by atoms with Crippen molar-refractivity contribution < 1.29 is 9.52 Å². The van der Waals surface area contributed by atoms with E-state index in [4.69, 9.17) is 4.42 Å². The number of hydrogen-bond donors (Lipinski definition) is 1. The van der Waals surface area contributed by atoms with E-state index >= 15 is 0 Å². The minimum Gasteiger partial charge on any atom is -0.458 e. The Bertz CT molecular complexity index is 467. The highest BCUT2D eigenvalue weighted by Crippen LogP contribution is 2.24. The predicted octanol–water partition coefficient (Wildman–Crippen LogP) is 3.59. The number of fused-ring (bicyclic) bond motifs is 1. The van der Waals surface area contributed by atoms with Crippen LogP contribution in [0.4, 0.5) is 0 Å². The van der Waals surface area contributed by atoms with Gasteiger partial charge in [-0.3, -0.25) is 0 Å². The van der Waals surface area contributed by atoms with E-state index in [2.05, 4.69) is 18.7 Å². The van der Waals surface area contributed by atoms with Crippen LogP contribution in [-0.2, 0) is 0 Å². The molecule has 0 spiro atoms. The van der Waals surface area contributed by atoms with Gasteiger partial charge in [-0.25, -0.2) is 0 Å². The maximum Gasteiger partial charge on any atom is 0.135 e. The highest BCUT2D eigenvalue weighted by atomic mass is 16.4. The Kier molecular flexibility index (Phi) is 5.00. The molecule has 1 atom stereocenters. The Labute approximate surface area is 114 Å². The normalized spacial score (nSPS) is 13.3. The zero-order chi connectivity index (χ0) is 13.7. The van der Waals surface area contributed by atoms with E-state index in [0.717, 1.165) is 36.9 Å². The number of hydrogen-bond acceptors (Lipinski definition) is 3. The van der Waals surface area contributed by atoms with Crippen LogP contribution in [0, 0.1) is 0 Å². The molecule has 0 amide bonds. The molecule has 1 aromatic carbocycles. The first kappa shape index (κ1) is 14.1. The van der Waals surface area contributed by atoms with E-state index in [1.54, 1.807) is 0 Å². The van der Waals surface area contributed by atoms with Crippen LogP contribution in [0.2, 0.25) is 0 Å². The second kappa shape index (κ2) is 6.73. The molecule has 1 aromatic heterocycles. The van der Waals surface area contributed by atoms with Crippen molar-refractivity contribution in [2.45, 2.75) is 32.8 Å². The van der Waals surface area contributed by atoms with Gasteiger partial charge in [0, 0.05) is 11.9 Å². The SMILES string of the molecule is CCCN(CCC)CC(O)c1cc2ccccc2o1. The molecule has 3 nitrogen and oxygen atoms in total. The monoisotopic (exact) mass is 261 g/mol. The largest absolute Gasteiger partial charge is 0.458 e. The van der Waals surface area contributed by atoms with Crippen molar-refractivity contribution in [3.8, 4) is 0 Å². The second-order valence-corrected chi connectivity index (χ2v) is 5.00. The molecule has 0 fully saturated rings. The molecule has 0 radical (unpaired) electrons. The number of aliphatic hydroxyl groups excluding tert-OH is 1. The summed E-state index contributed by atoms with van der Waals surface area (Å²) in [6.07, 6.45) is 1.66. The number of nitrogens with zero attached hydrogens (tertiary/aromatic N) is 1. The smallest absolute Gasteiger partial charge is 0.135 e. The van der Waals surface area contributed by atoms with Crippen molar-refractivity contribution in [3.63, 3.8) is 0 Å². The Balaban J connectivity index is 2.07. The Morgan fingerprint density at radius 1 is 1.16 bits per heavy atom. The van der Waals surface area contributed by atoms with Gasteiger partial charge in [-0.1, -0.05) is 32.0 Å². The van der Waals surface area contributed by atoms with Crippen LogP contribution in [0.1, 0.15) is 38.6 Å². The molecule has 2 rings (SSSR count). The molecule has 0 aliphatic heterocycles. The van der Waals surface area contributed by atoms with Crippen molar-refractivity contribution in [2.75, 3.05) is 19.6 Å². The molecular formula is C16H23NO2. The van der Waals surface area contributed by atoms with Gasteiger partial charge in [0.15, 0.2) is 0 Å². The fraction of sp³-hybridized carbons (Fsp3) is 0.500. The molecule has 19 heavy (non-hydrogen) atoms. The molecule has 0 bridgehead atoms. The quantitative estimate of drug-likeness (QED) is 0.827. The van der Waals surface area contributed by atoms with Gasteiger partial charge in [0.2, 0.25) is 0 Å². The first-order valence-corrected chi connectivity index (χ1v) is 7.13. The molecule has 1 heterocycles. The molecule has 0 saturated heterocycles. The minimum absolute atomic E-state index is 0.550. The number of benzene rings is 1. The van der Waals surface area contributed by atoms with Gasteiger partial charge in [0.1, 0.15) is 17.4 Å². The Morgan fingerprint density at radius 2 is 1.84 bits per heavy atom.